The highest BCUT2D eigenvalue weighted by Gasteiger charge is 2.45. The first-order valence-electron chi connectivity index (χ1n) is 9.39. The van der Waals surface area contributed by atoms with Crippen LogP contribution >= 0.6 is 0 Å². The van der Waals surface area contributed by atoms with Crippen LogP contribution in [0.15, 0.2) is 12.4 Å². The molecule has 3 aliphatic rings. The van der Waals surface area contributed by atoms with E-state index in [2.05, 4.69) is 22.2 Å². The molecule has 1 N–H and O–H groups in total. The predicted octanol–water partition coefficient (Wildman–Crippen LogP) is 2.12. The minimum atomic E-state index is -0.524. The van der Waals surface area contributed by atoms with Crippen LogP contribution in [0.2, 0.25) is 0 Å². The zero-order valence-corrected chi connectivity index (χ0v) is 15.0. The van der Waals surface area contributed by atoms with Crippen molar-refractivity contribution in [3.8, 4) is 0 Å². The molecule has 3 fully saturated rings. The molecule has 2 amide bonds. The Bertz CT molecular complexity index is 673. The Hall–Kier alpha value is -1.98. The number of nitrogens with one attached hydrogen (secondary N) is 1. The molecule has 0 radical (unpaired) electrons. The van der Waals surface area contributed by atoms with Crippen molar-refractivity contribution in [2.45, 2.75) is 57.9 Å². The summed E-state index contributed by atoms with van der Waals surface area (Å²) in [6.07, 6.45) is 9.10. The summed E-state index contributed by atoms with van der Waals surface area (Å²) < 4.78 is 0. The highest BCUT2D eigenvalue weighted by molar-refractivity contribution is 5.97. The highest BCUT2D eigenvalue weighted by atomic mass is 16.2. The van der Waals surface area contributed by atoms with Gasteiger partial charge in [0, 0.05) is 31.4 Å². The zero-order chi connectivity index (χ0) is 17.6. The Morgan fingerprint density at radius 1 is 1.20 bits per heavy atom. The van der Waals surface area contributed by atoms with Gasteiger partial charge in [0.1, 0.15) is 11.9 Å². The Morgan fingerprint density at radius 3 is 2.32 bits per heavy atom. The third-order valence-corrected chi connectivity index (χ3v) is 6.19. The van der Waals surface area contributed by atoms with Crippen molar-refractivity contribution in [3.05, 3.63) is 23.8 Å². The second kappa shape index (κ2) is 6.07. The molecule has 0 aromatic carbocycles. The Morgan fingerprint density at radius 2 is 1.80 bits per heavy atom. The molecule has 0 unspecified atom stereocenters. The van der Waals surface area contributed by atoms with Gasteiger partial charge in [0.05, 0.1) is 5.56 Å². The number of likely N-dealkylation sites (tertiary alicyclic amines) is 1. The second-order valence-electron chi connectivity index (χ2n) is 8.17. The summed E-state index contributed by atoms with van der Waals surface area (Å²) in [5.41, 5.74) is 0.953. The summed E-state index contributed by atoms with van der Waals surface area (Å²) in [5, 5.41) is 2.79. The average Bonchev–Trinajstić information content (AvgIpc) is 3.54. The van der Waals surface area contributed by atoms with Crippen LogP contribution in [0.4, 0.5) is 0 Å². The quantitative estimate of drug-likeness (QED) is 0.909. The third kappa shape index (κ3) is 3.39. The Balaban J connectivity index is 1.31. The van der Waals surface area contributed by atoms with E-state index in [1.165, 1.54) is 12.8 Å². The summed E-state index contributed by atoms with van der Waals surface area (Å²) in [6, 6.07) is -0.524. The highest BCUT2D eigenvalue weighted by Crippen LogP contribution is 2.53. The van der Waals surface area contributed by atoms with Crippen molar-refractivity contribution in [2.24, 2.45) is 11.3 Å². The van der Waals surface area contributed by atoms with E-state index in [0.717, 1.165) is 38.2 Å². The molecular formula is C19H26N4O2. The lowest BCUT2D eigenvalue weighted by atomic mass is 9.93. The van der Waals surface area contributed by atoms with E-state index in [-0.39, 0.29) is 11.8 Å². The smallest absolute Gasteiger partial charge is 0.255 e. The second-order valence-corrected chi connectivity index (χ2v) is 8.17. The van der Waals surface area contributed by atoms with Gasteiger partial charge in [-0.1, -0.05) is 6.92 Å². The Kier molecular flexibility index (Phi) is 4.01. The number of piperidine rings is 1. The van der Waals surface area contributed by atoms with Gasteiger partial charge in [0.15, 0.2) is 0 Å². The molecule has 1 saturated heterocycles. The first-order valence-corrected chi connectivity index (χ1v) is 9.39. The van der Waals surface area contributed by atoms with Gasteiger partial charge < -0.3 is 10.2 Å². The van der Waals surface area contributed by atoms with E-state index < -0.39 is 6.04 Å². The van der Waals surface area contributed by atoms with Gasteiger partial charge in [-0.3, -0.25) is 9.59 Å². The molecule has 2 heterocycles. The van der Waals surface area contributed by atoms with Crippen LogP contribution in [-0.4, -0.2) is 45.8 Å². The summed E-state index contributed by atoms with van der Waals surface area (Å²) in [5.74, 6) is 1.61. The molecule has 1 aromatic heterocycles. The van der Waals surface area contributed by atoms with Crippen molar-refractivity contribution >= 4 is 11.8 Å². The van der Waals surface area contributed by atoms with E-state index in [0.29, 0.717) is 22.8 Å². The van der Waals surface area contributed by atoms with Crippen molar-refractivity contribution < 1.29 is 9.59 Å². The molecule has 134 valence electrons. The molecule has 25 heavy (non-hydrogen) atoms. The van der Waals surface area contributed by atoms with Gasteiger partial charge in [-0.15, -0.1) is 0 Å². The van der Waals surface area contributed by atoms with Gasteiger partial charge in [-0.2, -0.15) is 0 Å². The fourth-order valence-corrected chi connectivity index (χ4v) is 3.82. The number of carbonyl (C=O) groups is 2. The molecule has 1 spiro atoms. The number of nitrogens with zero attached hydrogens (tertiary/aromatic N) is 3. The van der Waals surface area contributed by atoms with Crippen LogP contribution in [-0.2, 0) is 4.79 Å². The first kappa shape index (κ1) is 16.5. The topological polar surface area (TPSA) is 75.2 Å². The summed E-state index contributed by atoms with van der Waals surface area (Å²) in [4.78, 5) is 35.4. The predicted molar refractivity (Wildman–Crippen MR) is 93.0 cm³/mol. The van der Waals surface area contributed by atoms with Crippen LogP contribution in [0, 0.1) is 11.3 Å². The van der Waals surface area contributed by atoms with Gasteiger partial charge >= 0.3 is 0 Å². The van der Waals surface area contributed by atoms with E-state index in [1.807, 2.05) is 4.90 Å². The Labute approximate surface area is 148 Å². The van der Waals surface area contributed by atoms with Crippen LogP contribution < -0.4 is 5.32 Å². The maximum atomic E-state index is 12.6. The summed E-state index contributed by atoms with van der Waals surface area (Å²) in [7, 11) is 0. The van der Waals surface area contributed by atoms with E-state index in [9.17, 15) is 9.59 Å². The number of hydrogen-bond donors (Lipinski definition) is 1. The zero-order valence-electron chi connectivity index (χ0n) is 15.0. The number of hydrogen-bond acceptors (Lipinski definition) is 4. The molecule has 6 nitrogen and oxygen atoms in total. The van der Waals surface area contributed by atoms with Gasteiger partial charge in [0.2, 0.25) is 5.91 Å². The van der Waals surface area contributed by atoms with Crippen molar-refractivity contribution in [1.82, 2.24) is 20.2 Å². The average molecular weight is 342 g/mol. The maximum Gasteiger partial charge on any atom is 0.255 e. The molecule has 0 bridgehead atoms. The van der Waals surface area contributed by atoms with Crippen molar-refractivity contribution in [2.75, 3.05) is 13.1 Å². The summed E-state index contributed by atoms with van der Waals surface area (Å²) >= 11 is 0. The lowest BCUT2D eigenvalue weighted by molar-refractivity contribution is -0.134. The van der Waals surface area contributed by atoms with Crippen molar-refractivity contribution in [1.29, 1.82) is 0 Å². The number of rotatable bonds is 4. The normalized spacial score (nSPS) is 27.7. The van der Waals surface area contributed by atoms with Crippen molar-refractivity contribution in [3.63, 3.8) is 0 Å². The van der Waals surface area contributed by atoms with Gasteiger partial charge in [-0.25, -0.2) is 9.97 Å². The number of amides is 2. The van der Waals surface area contributed by atoms with E-state index >= 15 is 0 Å². The lowest BCUT2D eigenvalue weighted by Crippen LogP contribution is -2.49. The summed E-state index contributed by atoms with van der Waals surface area (Å²) in [6.45, 7) is 5.56. The van der Waals surface area contributed by atoms with Gasteiger partial charge in [-0.05, 0) is 50.4 Å². The molecule has 2 saturated carbocycles. The number of carbonyl (C=O) groups excluding carboxylic acids is 2. The molecule has 6 heteroatoms. The van der Waals surface area contributed by atoms with Crippen LogP contribution in [0.1, 0.15) is 68.1 Å². The van der Waals surface area contributed by atoms with Gasteiger partial charge in [0.25, 0.3) is 5.91 Å². The molecule has 4 rings (SSSR count). The standard InChI is InChI=1S/C19H26N4O2/c1-12-9-15(12)16-20-10-14(11-21-16)17(24)22-13(2)18(25)23-7-5-19(3-4-19)6-8-23/h10-13,15H,3-9H2,1-2H3,(H,22,24)/t12-,13+,15-/m1/s1. The first-order chi connectivity index (χ1) is 12.0. The fraction of sp³-hybridized carbons (Fsp3) is 0.684. The molecule has 1 aliphatic heterocycles. The SMILES string of the molecule is C[C@H](NC(=O)c1cnc([C@@H]2C[C@H]2C)nc1)C(=O)N1CCC2(CC1)CC2. The minimum Gasteiger partial charge on any atom is -0.341 e. The van der Waals surface area contributed by atoms with E-state index in [4.69, 9.17) is 0 Å². The molecular weight excluding hydrogens is 316 g/mol. The largest absolute Gasteiger partial charge is 0.341 e. The lowest BCUT2D eigenvalue weighted by Gasteiger charge is -2.33. The maximum absolute atomic E-state index is 12.6. The fourth-order valence-electron chi connectivity index (χ4n) is 3.82. The monoisotopic (exact) mass is 342 g/mol. The third-order valence-electron chi connectivity index (χ3n) is 6.19. The molecule has 3 atom stereocenters. The minimum absolute atomic E-state index is 0.00759. The molecule has 1 aromatic rings. The van der Waals surface area contributed by atoms with Crippen LogP contribution in [0.3, 0.4) is 0 Å². The van der Waals surface area contributed by atoms with Crippen LogP contribution in [0.5, 0.6) is 0 Å². The van der Waals surface area contributed by atoms with Crippen LogP contribution in [0.25, 0.3) is 0 Å². The van der Waals surface area contributed by atoms with E-state index in [1.54, 1.807) is 19.3 Å². The molecule has 2 aliphatic carbocycles. The number of aromatic nitrogens is 2.